The summed E-state index contributed by atoms with van der Waals surface area (Å²) in [7, 11) is 0. The minimum atomic E-state index is -0.664. The van der Waals surface area contributed by atoms with Crippen LogP contribution in [0, 0.1) is 10.1 Å². The lowest BCUT2D eigenvalue weighted by atomic mass is 10.2. The van der Waals surface area contributed by atoms with E-state index in [1.54, 1.807) is 36.4 Å². The van der Waals surface area contributed by atoms with Crippen LogP contribution >= 0.6 is 39.1 Å². The molecule has 10 heteroatoms. The van der Waals surface area contributed by atoms with Crippen molar-refractivity contribution in [3.05, 3.63) is 78.7 Å². The number of nitrogens with zero attached hydrogens (tertiary/aromatic N) is 3. The summed E-state index contributed by atoms with van der Waals surface area (Å²) in [5, 5.41) is 22.1. The summed E-state index contributed by atoms with van der Waals surface area (Å²) in [6.07, 6.45) is 1.34. The number of oxazole rings is 1. The maximum atomic E-state index is 11.1. The Labute approximate surface area is 187 Å². The van der Waals surface area contributed by atoms with Crippen molar-refractivity contribution in [2.75, 3.05) is 0 Å². The number of rotatable bonds is 4. The summed E-state index contributed by atoms with van der Waals surface area (Å²) < 4.78 is 6.21. The Morgan fingerprint density at radius 1 is 1.17 bits per heavy atom. The van der Waals surface area contributed by atoms with E-state index in [9.17, 15) is 15.2 Å². The Morgan fingerprint density at radius 3 is 2.70 bits per heavy atom. The summed E-state index contributed by atoms with van der Waals surface area (Å²) in [5.74, 6) is -0.123. The number of fused-ring (bicyclic) bond motifs is 1. The van der Waals surface area contributed by atoms with Crippen molar-refractivity contribution in [3.63, 3.8) is 0 Å². The van der Waals surface area contributed by atoms with Crippen LogP contribution in [0.3, 0.4) is 0 Å². The minimum Gasteiger partial charge on any atom is -0.502 e. The van der Waals surface area contributed by atoms with Crippen molar-refractivity contribution in [2.24, 2.45) is 4.99 Å². The van der Waals surface area contributed by atoms with Crippen molar-refractivity contribution in [1.82, 2.24) is 4.98 Å². The van der Waals surface area contributed by atoms with Crippen LogP contribution in [0.2, 0.25) is 10.0 Å². The first kappa shape index (κ1) is 20.3. The molecule has 0 aliphatic heterocycles. The minimum absolute atomic E-state index is 0.199. The van der Waals surface area contributed by atoms with E-state index < -0.39 is 16.4 Å². The molecule has 4 aromatic rings. The predicted octanol–water partition coefficient (Wildman–Crippen LogP) is 6.93. The fraction of sp³-hybridized carbons (Fsp3) is 0. The van der Waals surface area contributed by atoms with Gasteiger partial charge in [-0.2, -0.15) is 0 Å². The van der Waals surface area contributed by atoms with Crippen LogP contribution in [0.1, 0.15) is 5.56 Å². The van der Waals surface area contributed by atoms with Gasteiger partial charge in [0.1, 0.15) is 5.52 Å². The molecule has 1 heterocycles. The molecule has 30 heavy (non-hydrogen) atoms. The molecule has 0 saturated heterocycles. The number of hydrogen-bond acceptors (Lipinski definition) is 6. The van der Waals surface area contributed by atoms with E-state index in [1.165, 1.54) is 18.3 Å². The summed E-state index contributed by atoms with van der Waals surface area (Å²) in [4.78, 5) is 19.1. The van der Waals surface area contributed by atoms with E-state index in [2.05, 4.69) is 25.9 Å². The zero-order valence-corrected chi connectivity index (χ0v) is 17.9. The second kappa shape index (κ2) is 8.06. The molecule has 3 aromatic carbocycles. The third-order valence-electron chi connectivity index (χ3n) is 4.17. The number of nitro benzene ring substituents is 1. The van der Waals surface area contributed by atoms with Gasteiger partial charge < -0.3 is 9.52 Å². The molecule has 0 unspecified atom stereocenters. The number of hydrogen-bond donors (Lipinski definition) is 1. The van der Waals surface area contributed by atoms with Crippen LogP contribution < -0.4 is 0 Å². The highest BCUT2D eigenvalue weighted by Crippen LogP contribution is 2.34. The van der Waals surface area contributed by atoms with Gasteiger partial charge in [0.2, 0.25) is 11.6 Å². The lowest BCUT2D eigenvalue weighted by Gasteiger charge is -2.01. The second-order valence-corrected chi connectivity index (χ2v) is 7.93. The first-order valence-corrected chi connectivity index (χ1v) is 9.93. The molecular weight excluding hydrogens is 497 g/mol. The topological polar surface area (TPSA) is 102 Å². The van der Waals surface area contributed by atoms with Crippen molar-refractivity contribution in [2.45, 2.75) is 0 Å². The molecule has 0 fully saturated rings. The number of nitro groups is 1. The highest BCUT2D eigenvalue weighted by Gasteiger charge is 2.17. The molecule has 0 radical (unpaired) electrons. The molecule has 0 aliphatic carbocycles. The van der Waals surface area contributed by atoms with Gasteiger partial charge in [0.25, 0.3) is 0 Å². The van der Waals surface area contributed by atoms with Crippen LogP contribution in [0.5, 0.6) is 5.75 Å². The SMILES string of the molecule is O=[N+]([O-])c1cc(Br)cc(C=Nc2ccc3oc(-c4ccc(Cl)cc4Cl)nc3c2)c1O. The molecule has 1 aromatic heterocycles. The number of benzene rings is 3. The molecule has 1 N–H and O–H groups in total. The average Bonchev–Trinajstić information content (AvgIpc) is 3.11. The van der Waals surface area contributed by atoms with E-state index in [1.807, 2.05) is 0 Å². The van der Waals surface area contributed by atoms with E-state index in [0.717, 1.165) is 0 Å². The monoisotopic (exact) mass is 505 g/mol. The van der Waals surface area contributed by atoms with Gasteiger partial charge in [-0.3, -0.25) is 15.1 Å². The smallest absolute Gasteiger partial charge is 0.312 e. The number of phenols is 1. The summed E-state index contributed by atoms with van der Waals surface area (Å²) in [6, 6.07) is 12.8. The first-order valence-electron chi connectivity index (χ1n) is 8.39. The molecule has 0 saturated carbocycles. The first-order chi connectivity index (χ1) is 14.3. The molecule has 0 amide bonds. The van der Waals surface area contributed by atoms with E-state index in [4.69, 9.17) is 27.6 Å². The number of aliphatic imine (C=N–C) groups is 1. The number of aromatic nitrogens is 1. The Morgan fingerprint density at radius 2 is 1.97 bits per heavy atom. The van der Waals surface area contributed by atoms with Crippen molar-refractivity contribution < 1.29 is 14.4 Å². The van der Waals surface area contributed by atoms with Gasteiger partial charge in [0.05, 0.1) is 21.2 Å². The maximum Gasteiger partial charge on any atom is 0.312 e. The predicted molar refractivity (Wildman–Crippen MR) is 119 cm³/mol. The number of phenolic OH excluding ortho intramolecular Hbond substituents is 1. The summed E-state index contributed by atoms with van der Waals surface area (Å²) in [6.45, 7) is 0. The van der Waals surface area contributed by atoms with Gasteiger partial charge in [0.15, 0.2) is 5.58 Å². The van der Waals surface area contributed by atoms with Crippen molar-refractivity contribution in [1.29, 1.82) is 0 Å². The fourth-order valence-electron chi connectivity index (χ4n) is 2.76. The van der Waals surface area contributed by atoms with Crippen LogP contribution in [0.25, 0.3) is 22.6 Å². The zero-order valence-electron chi connectivity index (χ0n) is 14.8. The molecule has 0 aliphatic rings. The quantitative estimate of drug-likeness (QED) is 0.183. The van der Waals surface area contributed by atoms with Gasteiger partial charge in [-0.25, -0.2) is 4.98 Å². The highest BCUT2D eigenvalue weighted by molar-refractivity contribution is 9.10. The molecule has 0 spiro atoms. The van der Waals surface area contributed by atoms with Crippen molar-refractivity contribution in [3.8, 4) is 17.2 Å². The Hall–Kier alpha value is -2.94. The largest absolute Gasteiger partial charge is 0.502 e. The van der Waals surface area contributed by atoms with Gasteiger partial charge in [-0.05, 0) is 42.5 Å². The number of aromatic hydroxyl groups is 1. The molecule has 4 rings (SSSR count). The van der Waals surface area contributed by atoms with Crippen LogP contribution in [-0.4, -0.2) is 21.2 Å². The van der Waals surface area contributed by atoms with Crippen LogP contribution in [-0.2, 0) is 0 Å². The molecule has 0 atom stereocenters. The van der Waals surface area contributed by atoms with Gasteiger partial charge in [0, 0.05) is 27.3 Å². The summed E-state index contributed by atoms with van der Waals surface area (Å²) >= 11 is 15.3. The van der Waals surface area contributed by atoms with Gasteiger partial charge in [-0.15, -0.1) is 0 Å². The molecule has 0 bridgehead atoms. The fourth-order valence-corrected chi connectivity index (χ4v) is 3.71. The number of halogens is 3. The lowest BCUT2D eigenvalue weighted by molar-refractivity contribution is -0.385. The summed E-state index contributed by atoms with van der Waals surface area (Å²) in [5.41, 5.74) is 2.00. The second-order valence-electron chi connectivity index (χ2n) is 6.17. The van der Waals surface area contributed by atoms with Crippen LogP contribution in [0.15, 0.2) is 62.4 Å². The standard InChI is InChI=1S/C20H10BrCl2N3O4/c21-11-5-10(19(27)17(6-11)26(28)29)9-24-13-2-4-18-16(8-13)25-20(30-18)14-3-1-12(22)7-15(14)23/h1-9,27H. The Bertz CT molecular complexity index is 1340. The van der Waals surface area contributed by atoms with E-state index in [0.29, 0.717) is 42.8 Å². The third-order valence-corrected chi connectivity index (χ3v) is 5.17. The van der Waals surface area contributed by atoms with E-state index >= 15 is 0 Å². The Kier molecular flexibility index (Phi) is 5.46. The van der Waals surface area contributed by atoms with Gasteiger partial charge >= 0.3 is 5.69 Å². The van der Waals surface area contributed by atoms with Crippen LogP contribution in [0.4, 0.5) is 11.4 Å². The normalized spacial score (nSPS) is 11.4. The van der Waals surface area contributed by atoms with Gasteiger partial charge in [-0.1, -0.05) is 39.1 Å². The molecular formula is C20H10BrCl2N3O4. The molecule has 150 valence electrons. The third kappa shape index (κ3) is 4.02. The van der Waals surface area contributed by atoms with E-state index in [-0.39, 0.29) is 5.56 Å². The van der Waals surface area contributed by atoms with Crippen molar-refractivity contribution >= 4 is 67.8 Å². The zero-order chi connectivity index (χ0) is 21.4. The Balaban J connectivity index is 1.69. The molecule has 7 nitrogen and oxygen atoms in total. The highest BCUT2D eigenvalue weighted by atomic mass is 79.9. The average molecular weight is 507 g/mol. The lowest BCUT2D eigenvalue weighted by Crippen LogP contribution is -1.92. The maximum absolute atomic E-state index is 11.1.